The lowest BCUT2D eigenvalue weighted by molar-refractivity contribution is -0.136. The molecule has 0 spiro atoms. The fourth-order valence-corrected chi connectivity index (χ4v) is 3.27. The molecule has 0 saturated carbocycles. The van der Waals surface area contributed by atoms with Crippen LogP contribution >= 0.6 is 0 Å². The van der Waals surface area contributed by atoms with Crippen molar-refractivity contribution in [3.8, 4) is 11.3 Å². The number of para-hydroxylation sites is 1. The molecule has 0 aliphatic heterocycles. The summed E-state index contributed by atoms with van der Waals surface area (Å²) < 4.78 is 41.0. The van der Waals surface area contributed by atoms with E-state index in [1.165, 1.54) is 6.07 Å². The van der Waals surface area contributed by atoms with Crippen LogP contribution in [0.2, 0.25) is 0 Å². The second-order valence-electron chi connectivity index (χ2n) is 5.49. The van der Waals surface area contributed by atoms with Gasteiger partial charge in [-0.2, -0.15) is 13.2 Å². The van der Waals surface area contributed by atoms with E-state index in [1.807, 2.05) is 24.3 Å². The normalized spacial score (nSPS) is 13.8. The molecule has 1 aromatic heterocycles. The zero-order valence-corrected chi connectivity index (χ0v) is 11.6. The van der Waals surface area contributed by atoms with E-state index in [0.29, 0.717) is 29.6 Å². The molecular weight excluding hydrogens is 287 g/mol. The standard InChI is InChI=1S/C18H12F3N/c19-18(20,21)16-13-7-3-4-8-15(13)22-17-12-6-2-1-5-11(12)9-10-14(16)17/h1-8H,9-10H2. The van der Waals surface area contributed by atoms with E-state index in [2.05, 4.69) is 4.98 Å². The largest absolute Gasteiger partial charge is 0.417 e. The van der Waals surface area contributed by atoms with Crippen LogP contribution in [0.15, 0.2) is 48.5 Å². The highest BCUT2D eigenvalue weighted by molar-refractivity contribution is 5.89. The van der Waals surface area contributed by atoms with Crippen molar-refractivity contribution in [3.05, 3.63) is 65.2 Å². The Morgan fingerprint density at radius 1 is 0.864 bits per heavy atom. The highest BCUT2D eigenvalue weighted by Gasteiger charge is 2.38. The van der Waals surface area contributed by atoms with Gasteiger partial charge in [-0.1, -0.05) is 42.5 Å². The first-order valence-electron chi connectivity index (χ1n) is 7.13. The van der Waals surface area contributed by atoms with Gasteiger partial charge in [-0.05, 0) is 30.0 Å². The number of aryl methyl sites for hydroxylation is 1. The molecule has 3 aromatic rings. The highest BCUT2D eigenvalue weighted by atomic mass is 19.4. The molecule has 0 amide bonds. The Morgan fingerprint density at radius 3 is 2.41 bits per heavy atom. The number of nitrogens with zero attached hydrogens (tertiary/aromatic N) is 1. The van der Waals surface area contributed by atoms with Crippen molar-refractivity contribution in [2.75, 3.05) is 0 Å². The van der Waals surface area contributed by atoms with Gasteiger partial charge in [0.1, 0.15) is 0 Å². The number of fused-ring (bicyclic) bond motifs is 4. The molecule has 110 valence electrons. The van der Waals surface area contributed by atoms with Crippen molar-refractivity contribution in [2.45, 2.75) is 19.0 Å². The van der Waals surface area contributed by atoms with Gasteiger partial charge in [0.15, 0.2) is 0 Å². The summed E-state index contributed by atoms with van der Waals surface area (Å²) in [5, 5.41) is 0.188. The number of alkyl halides is 3. The molecular formula is C18H12F3N. The molecule has 1 aliphatic rings. The Bertz CT molecular complexity index is 881. The van der Waals surface area contributed by atoms with Crippen LogP contribution in [0.5, 0.6) is 0 Å². The number of aromatic nitrogens is 1. The summed E-state index contributed by atoms with van der Waals surface area (Å²) in [5.74, 6) is 0. The van der Waals surface area contributed by atoms with Crippen LogP contribution in [-0.4, -0.2) is 4.98 Å². The van der Waals surface area contributed by atoms with Gasteiger partial charge in [-0.3, -0.25) is 0 Å². The SMILES string of the molecule is FC(F)(F)c1c2c(nc3ccccc13)-c1ccccc1CC2. The number of hydrogen-bond donors (Lipinski definition) is 0. The maximum Gasteiger partial charge on any atom is 0.417 e. The third-order valence-corrected chi connectivity index (χ3v) is 4.19. The Hall–Kier alpha value is -2.36. The molecule has 0 unspecified atom stereocenters. The lowest BCUT2D eigenvalue weighted by Gasteiger charge is -2.24. The third kappa shape index (κ3) is 1.90. The van der Waals surface area contributed by atoms with Crippen molar-refractivity contribution in [1.82, 2.24) is 4.98 Å². The summed E-state index contributed by atoms with van der Waals surface area (Å²) in [4.78, 5) is 4.53. The van der Waals surface area contributed by atoms with Crippen molar-refractivity contribution in [1.29, 1.82) is 0 Å². The van der Waals surface area contributed by atoms with Crippen LogP contribution in [0, 0.1) is 0 Å². The minimum atomic E-state index is -4.38. The molecule has 0 saturated heterocycles. The van der Waals surface area contributed by atoms with E-state index in [9.17, 15) is 13.2 Å². The molecule has 0 fully saturated rings. The summed E-state index contributed by atoms with van der Waals surface area (Å²) in [7, 11) is 0. The van der Waals surface area contributed by atoms with Crippen molar-refractivity contribution in [3.63, 3.8) is 0 Å². The summed E-state index contributed by atoms with van der Waals surface area (Å²) >= 11 is 0. The van der Waals surface area contributed by atoms with Crippen LogP contribution in [0.4, 0.5) is 13.2 Å². The zero-order valence-electron chi connectivity index (χ0n) is 11.6. The average Bonchev–Trinajstić information content (AvgIpc) is 2.51. The summed E-state index contributed by atoms with van der Waals surface area (Å²) in [5.41, 5.74) is 2.55. The van der Waals surface area contributed by atoms with Gasteiger partial charge in [0.2, 0.25) is 0 Å². The van der Waals surface area contributed by atoms with Gasteiger partial charge >= 0.3 is 6.18 Å². The van der Waals surface area contributed by atoms with Gasteiger partial charge in [-0.25, -0.2) is 4.98 Å². The minimum Gasteiger partial charge on any atom is -0.247 e. The van der Waals surface area contributed by atoms with E-state index in [0.717, 1.165) is 11.1 Å². The third-order valence-electron chi connectivity index (χ3n) is 4.19. The topological polar surface area (TPSA) is 12.9 Å². The quantitative estimate of drug-likeness (QED) is 0.568. The van der Waals surface area contributed by atoms with Gasteiger partial charge in [0.05, 0.1) is 16.8 Å². The van der Waals surface area contributed by atoms with Crippen LogP contribution in [0.25, 0.3) is 22.2 Å². The van der Waals surface area contributed by atoms with Crippen molar-refractivity contribution < 1.29 is 13.2 Å². The first-order chi connectivity index (χ1) is 10.6. The Labute approximate surface area is 125 Å². The predicted molar refractivity (Wildman–Crippen MR) is 79.6 cm³/mol. The van der Waals surface area contributed by atoms with Crippen molar-refractivity contribution in [2.24, 2.45) is 0 Å². The van der Waals surface area contributed by atoms with Crippen LogP contribution in [-0.2, 0) is 19.0 Å². The number of pyridine rings is 1. The van der Waals surface area contributed by atoms with E-state index < -0.39 is 11.7 Å². The van der Waals surface area contributed by atoms with Gasteiger partial charge in [0.25, 0.3) is 0 Å². The first kappa shape index (κ1) is 13.3. The molecule has 4 heteroatoms. The molecule has 0 N–H and O–H groups in total. The van der Waals surface area contributed by atoms with E-state index >= 15 is 0 Å². The van der Waals surface area contributed by atoms with Crippen LogP contribution in [0.1, 0.15) is 16.7 Å². The summed E-state index contributed by atoms with van der Waals surface area (Å²) in [6, 6.07) is 14.1. The number of halogens is 3. The minimum absolute atomic E-state index is 0.188. The van der Waals surface area contributed by atoms with E-state index in [1.54, 1.807) is 18.2 Å². The first-order valence-corrected chi connectivity index (χ1v) is 7.13. The number of rotatable bonds is 0. The average molecular weight is 299 g/mol. The maximum atomic E-state index is 13.7. The molecule has 22 heavy (non-hydrogen) atoms. The van der Waals surface area contributed by atoms with Gasteiger partial charge in [-0.15, -0.1) is 0 Å². The monoisotopic (exact) mass is 299 g/mol. The van der Waals surface area contributed by atoms with E-state index in [-0.39, 0.29) is 5.39 Å². The van der Waals surface area contributed by atoms with E-state index in [4.69, 9.17) is 0 Å². The molecule has 1 heterocycles. The summed E-state index contributed by atoms with van der Waals surface area (Å²) in [6.45, 7) is 0. The molecule has 4 rings (SSSR count). The lowest BCUT2D eigenvalue weighted by atomic mass is 9.85. The Balaban J connectivity index is 2.14. The molecule has 0 radical (unpaired) electrons. The fourth-order valence-electron chi connectivity index (χ4n) is 3.27. The summed E-state index contributed by atoms with van der Waals surface area (Å²) in [6.07, 6.45) is -3.38. The zero-order chi connectivity index (χ0) is 15.3. The van der Waals surface area contributed by atoms with Gasteiger partial charge in [0, 0.05) is 10.9 Å². The second kappa shape index (κ2) is 4.57. The Kier molecular flexibility index (Phi) is 2.76. The molecule has 0 bridgehead atoms. The second-order valence-corrected chi connectivity index (χ2v) is 5.49. The molecule has 0 atom stereocenters. The predicted octanol–water partition coefficient (Wildman–Crippen LogP) is 5.02. The highest BCUT2D eigenvalue weighted by Crippen LogP contribution is 2.43. The van der Waals surface area contributed by atoms with Gasteiger partial charge < -0.3 is 0 Å². The Morgan fingerprint density at radius 2 is 1.59 bits per heavy atom. The number of hydrogen-bond acceptors (Lipinski definition) is 1. The van der Waals surface area contributed by atoms with Crippen LogP contribution in [0.3, 0.4) is 0 Å². The molecule has 1 nitrogen and oxygen atoms in total. The van der Waals surface area contributed by atoms with Crippen LogP contribution < -0.4 is 0 Å². The van der Waals surface area contributed by atoms with Crippen molar-refractivity contribution >= 4 is 10.9 Å². The maximum absolute atomic E-state index is 13.7. The lowest BCUT2D eigenvalue weighted by Crippen LogP contribution is -2.16. The fraction of sp³-hybridized carbons (Fsp3) is 0.167. The smallest absolute Gasteiger partial charge is 0.247 e. The molecule has 1 aliphatic carbocycles. The number of benzene rings is 2. The molecule has 2 aromatic carbocycles.